The van der Waals surface area contributed by atoms with Crippen LogP contribution < -0.4 is 5.32 Å². The van der Waals surface area contributed by atoms with Crippen LogP contribution in [-0.2, 0) is 6.54 Å². The molecule has 0 radical (unpaired) electrons. The van der Waals surface area contributed by atoms with Crippen molar-refractivity contribution in [2.24, 2.45) is 5.92 Å². The van der Waals surface area contributed by atoms with Crippen LogP contribution in [0.1, 0.15) is 50.3 Å². The van der Waals surface area contributed by atoms with Crippen LogP contribution in [0.2, 0.25) is 0 Å². The molecular formula is C15H21N3. The Balaban J connectivity index is 1.88. The molecule has 1 heterocycles. The van der Waals surface area contributed by atoms with Gasteiger partial charge in [0.15, 0.2) is 0 Å². The molecule has 1 unspecified atom stereocenters. The van der Waals surface area contributed by atoms with Crippen molar-refractivity contribution < 1.29 is 0 Å². The molecular weight excluding hydrogens is 222 g/mol. The Morgan fingerprint density at radius 1 is 1.44 bits per heavy atom. The first kappa shape index (κ1) is 13.0. The second-order valence-electron chi connectivity index (χ2n) is 5.19. The van der Waals surface area contributed by atoms with E-state index in [0.29, 0.717) is 11.7 Å². The van der Waals surface area contributed by atoms with Crippen molar-refractivity contribution in [3.05, 3.63) is 29.6 Å². The topological polar surface area (TPSA) is 48.7 Å². The van der Waals surface area contributed by atoms with Crippen molar-refractivity contribution in [2.75, 3.05) is 0 Å². The molecule has 1 aromatic heterocycles. The fraction of sp³-hybridized carbons (Fsp3) is 0.600. The zero-order chi connectivity index (χ0) is 12.8. The number of nitrogens with zero attached hydrogens (tertiary/aromatic N) is 2. The normalized spacial score (nSPS) is 18.2. The number of nitriles is 1. The molecule has 1 aliphatic carbocycles. The van der Waals surface area contributed by atoms with E-state index in [1.54, 1.807) is 6.20 Å². The summed E-state index contributed by atoms with van der Waals surface area (Å²) in [4.78, 5) is 4.09. The molecule has 0 spiro atoms. The van der Waals surface area contributed by atoms with Gasteiger partial charge in [-0.2, -0.15) is 5.26 Å². The standard InChI is InChI=1S/C15H21N3/c1-12(13-6-3-2-4-7-13)18-11-14-8-5-9-17-15(14)10-16/h5,8-9,12-13,18H,2-4,6-7,11H2,1H3. The molecule has 96 valence electrons. The number of aromatic nitrogens is 1. The van der Waals surface area contributed by atoms with Gasteiger partial charge in [-0.25, -0.2) is 4.98 Å². The Bertz CT molecular complexity index is 416. The highest BCUT2D eigenvalue weighted by Gasteiger charge is 2.19. The monoisotopic (exact) mass is 243 g/mol. The summed E-state index contributed by atoms with van der Waals surface area (Å²) in [6.45, 7) is 3.01. The van der Waals surface area contributed by atoms with E-state index in [-0.39, 0.29) is 0 Å². The van der Waals surface area contributed by atoms with Gasteiger partial charge in [-0.05, 0) is 31.7 Å². The quantitative estimate of drug-likeness (QED) is 0.884. The molecule has 0 aromatic carbocycles. The van der Waals surface area contributed by atoms with Crippen molar-refractivity contribution in [3.63, 3.8) is 0 Å². The van der Waals surface area contributed by atoms with Crippen LogP contribution >= 0.6 is 0 Å². The first-order chi connectivity index (χ1) is 8.81. The summed E-state index contributed by atoms with van der Waals surface area (Å²) >= 11 is 0. The number of pyridine rings is 1. The molecule has 1 atom stereocenters. The maximum atomic E-state index is 8.99. The van der Waals surface area contributed by atoms with Gasteiger partial charge in [0.2, 0.25) is 0 Å². The summed E-state index contributed by atoms with van der Waals surface area (Å²) in [5, 5.41) is 12.5. The molecule has 2 rings (SSSR count). The van der Waals surface area contributed by atoms with E-state index in [4.69, 9.17) is 5.26 Å². The highest BCUT2D eigenvalue weighted by Crippen LogP contribution is 2.26. The summed E-state index contributed by atoms with van der Waals surface area (Å²) in [7, 11) is 0. The van der Waals surface area contributed by atoms with E-state index in [1.807, 2.05) is 12.1 Å². The molecule has 1 fully saturated rings. The third kappa shape index (κ3) is 3.30. The van der Waals surface area contributed by atoms with E-state index in [1.165, 1.54) is 32.1 Å². The van der Waals surface area contributed by atoms with Crippen LogP contribution in [-0.4, -0.2) is 11.0 Å². The summed E-state index contributed by atoms with van der Waals surface area (Å²) in [5.41, 5.74) is 1.54. The van der Waals surface area contributed by atoms with Crippen LogP contribution in [0, 0.1) is 17.2 Å². The fourth-order valence-corrected chi connectivity index (χ4v) is 2.75. The predicted molar refractivity (Wildman–Crippen MR) is 71.8 cm³/mol. The van der Waals surface area contributed by atoms with Crippen molar-refractivity contribution in [1.82, 2.24) is 10.3 Å². The third-order valence-corrected chi connectivity index (χ3v) is 3.97. The average molecular weight is 243 g/mol. The van der Waals surface area contributed by atoms with Crippen molar-refractivity contribution >= 4 is 0 Å². The maximum absolute atomic E-state index is 8.99. The zero-order valence-electron chi connectivity index (χ0n) is 11.0. The SMILES string of the molecule is CC(NCc1cccnc1C#N)C1CCCCC1. The van der Waals surface area contributed by atoms with Gasteiger partial charge < -0.3 is 5.32 Å². The number of rotatable bonds is 4. The first-order valence-corrected chi connectivity index (χ1v) is 6.88. The molecule has 18 heavy (non-hydrogen) atoms. The van der Waals surface area contributed by atoms with Gasteiger partial charge in [-0.15, -0.1) is 0 Å². The van der Waals surface area contributed by atoms with Crippen LogP contribution in [0.5, 0.6) is 0 Å². The Kier molecular flexibility index (Phi) is 4.72. The van der Waals surface area contributed by atoms with Crippen molar-refractivity contribution in [3.8, 4) is 6.07 Å². The molecule has 0 bridgehead atoms. The van der Waals surface area contributed by atoms with Gasteiger partial charge >= 0.3 is 0 Å². The van der Waals surface area contributed by atoms with Crippen LogP contribution in [0.15, 0.2) is 18.3 Å². The van der Waals surface area contributed by atoms with Gasteiger partial charge in [-0.3, -0.25) is 0 Å². The van der Waals surface area contributed by atoms with Gasteiger partial charge in [0.25, 0.3) is 0 Å². The maximum Gasteiger partial charge on any atom is 0.144 e. The summed E-state index contributed by atoms with van der Waals surface area (Å²) < 4.78 is 0. The Morgan fingerprint density at radius 3 is 2.94 bits per heavy atom. The number of nitrogens with one attached hydrogen (secondary N) is 1. The lowest BCUT2D eigenvalue weighted by molar-refractivity contribution is 0.280. The van der Waals surface area contributed by atoms with Crippen LogP contribution in [0.3, 0.4) is 0 Å². The van der Waals surface area contributed by atoms with E-state index in [2.05, 4.69) is 23.3 Å². The Hall–Kier alpha value is -1.40. The minimum Gasteiger partial charge on any atom is -0.310 e. The smallest absolute Gasteiger partial charge is 0.144 e. The first-order valence-electron chi connectivity index (χ1n) is 6.88. The lowest BCUT2D eigenvalue weighted by Gasteiger charge is -2.28. The van der Waals surface area contributed by atoms with Gasteiger partial charge in [0, 0.05) is 24.3 Å². The largest absolute Gasteiger partial charge is 0.310 e. The minimum atomic E-state index is 0.525. The third-order valence-electron chi connectivity index (χ3n) is 3.97. The molecule has 1 saturated carbocycles. The van der Waals surface area contributed by atoms with E-state index >= 15 is 0 Å². The van der Waals surface area contributed by atoms with Crippen LogP contribution in [0.25, 0.3) is 0 Å². The Morgan fingerprint density at radius 2 is 2.22 bits per heavy atom. The molecule has 0 aliphatic heterocycles. The number of hydrogen-bond donors (Lipinski definition) is 1. The predicted octanol–water partition coefficient (Wildman–Crippen LogP) is 3.01. The van der Waals surface area contributed by atoms with E-state index < -0.39 is 0 Å². The average Bonchev–Trinajstić information content (AvgIpc) is 2.46. The van der Waals surface area contributed by atoms with Crippen LogP contribution in [0.4, 0.5) is 0 Å². The van der Waals surface area contributed by atoms with Gasteiger partial charge in [-0.1, -0.05) is 25.3 Å². The molecule has 1 aliphatic rings. The molecule has 3 heteroatoms. The van der Waals surface area contributed by atoms with E-state index in [9.17, 15) is 0 Å². The second-order valence-corrected chi connectivity index (χ2v) is 5.19. The van der Waals surface area contributed by atoms with Gasteiger partial charge in [0.1, 0.15) is 11.8 Å². The van der Waals surface area contributed by atoms with E-state index in [0.717, 1.165) is 18.0 Å². The lowest BCUT2D eigenvalue weighted by Crippen LogP contribution is -2.34. The lowest BCUT2D eigenvalue weighted by atomic mass is 9.84. The molecule has 1 N–H and O–H groups in total. The van der Waals surface area contributed by atoms with Crippen molar-refractivity contribution in [2.45, 2.75) is 51.6 Å². The Labute approximate surface area is 109 Å². The molecule has 0 saturated heterocycles. The zero-order valence-corrected chi connectivity index (χ0v) is 11.0. The summed E-state index contributed by atoms with van der Waals surface area (Å²) in [5.74, 6) is 0.793. The van der Waals surface area contributed by atoms with Gasteiger partial charge in [0.05, 0.1) is 0 Å². The molecule has 3 nitrogen and oxygen atoms in total. The highest BCUT2D eigenvalue weighted by molar-refractivity contribution is 5.30. The highest BCUT2D eigenvalue weighted by atomic mass is 14.9. The number of hydrogen-bond acceptors (Lipinski definition) is 3. The second kappa shape index (κ2) is 6.51. The fourth-order valence-electron chi connectivity index (χ4n) is 2.75. The molecule has 0 amide bonds. The summed E-state index contributed by atoms with van der Waals surface area (Å²) in [6, 6.07) is 6.54. The van der Waals surface area contributed by atoms with Crippen molar-refractivity contribution in [1.29, 1.82) is 5.26 Å². The summed E-state index contributed by atoms with van der Waals surface area (Å²) in [6.07, 6.45) is 8.48. The minimum absolute atomic E-state index is 0.525. The molecule has 1 aromatic rings.